The molecular formula is C25H37N3O. The second kappa shape index (κ2) is 8.67. The summed E-state index contributed by atoms with van der Waals surface area (Å²) in [6.45, 7) is 3.58. The van der Waals surface area contributed by atoms with Gasteiger partial charge in [-0.1, -0.05) is 44.2 Å². The molecule has 1 saturated heterocycles. The number of imidazole rings is 1. The minimum Gasteiger partial charge on any atom is -0.303 e. The van der Waals surface area contributed by atoms with E-state index in [9.17, 15) is 4.79 Å². The van der Waals surface area contributed by atoms with E-state index in [1.165, 1.54) is 57.9 Å². The van der Waals surface area contributed by atoms with Crippen molar-refractivity contribution in [3.8, 4) is 0 Å². The number of likely N-dealkylation sites (tertiary alicyclic amines) is 1. The summed E-state index contributed by atoms with van der Waals surface area (Å²) >= 11 is 0. The fourth-order valence-corrected chi connectivity index (χ4v) is 5.99. The van der Waals surface area contributed by atoms with Crippen LogP contribution >= 0.6 is 0 Å². The monoisotopic (exact) mass is 395 g/mol. The average Bonchev–Trinajstić information content (AvgIpc) is 2.96. The van der Waals surface area contributed by atoms with Crippen molar-refractivity contribution in [2.75, 3.05) is 19.6 Å². The lowest BCUT2D eigenvalue weighted by molar-refractivity contribution is 0.151. The summed E-state index contributed by atoms with van der Waals surface area (Å²) in [4.78, 5) is 16.1. The number of hydrogen-bond acceptors (Lipinski definition) is 2. The molecule has 3 aliphatic rings. The number of aromatic nitrogens is 2. The predicted molar refractivity (Wildman–Crippen MR) is 120 cm³/mol. The number of rotatable bonds is 4. The molecule has 2 heterocycles. The first-order chi connectivity index (χ1) is 14.3. The Hall–Kier alpha value is -1.55. The van der Waals surface area contributed by atoms with E-state index < -0.39 is 0 Å². The topological polar surface area (TPSA) is 30.2 Å². The van der Waals surface area contributed by atoms with Crippen molar-refractivity contribution < 1.29 is 0 Å². The quantitative estimate of drug-likeness (QED) is 0.682. The van der Waals surface area contributed by atoms with E-state index in [0.717, 1.165) is 55.7 Å². The molecule has 3 fully saturated rings. The Balaban J connectivity index is 1.29. The average molecular weight is 396 g/mol. The van der Waals surface area contributed by atoms with Gasteiger partial charge in [0, 0.05) is 31.7 Å². The Bertz CT molecular complexity index is 862. The SMILES string of the molecule is O=c1n(C2CCC2)c2ccccc2n1C1CCN(CC2CCCCCCC2)CC1. The first-order valence-electron chi connectivity index (χ1n) is 12.2. The Morgan fingerprint density at radius 3 is 1.79 bits per heavy atom. The molecule has 0 unspecified atom stereocenters. The zero-order chi connectivity index (χ0) is 19.6. The van der Waals surface area contributed by atoms with Crippen LogP contribution in [-0.2, 0) is 0 Å². The Morgan fingerprint density at radius 1 is 0.690 bits per heavy atom. The van der Waals surface area contributed by atoms with Crippen LogP contribution in [0.4, 0.5) is 0 Å². The fraction of sp³-hybridized carbons (Fsp3) is 0.720. The molecule has 0 spiro atoms. The van der Waals surface area contributed by atoms with Crippen molar-refractivity contribution in [1.82, 2.24) is 14.0 Å². The lowest BCUT2D eigenvalue weighted by Gasteiger charge is -2.35. The molecule has 0 radical (unpaired) electrons. The van der Waals surface area contributed by atoms with Crippen LogP contribution in [-0.4, -0.2) is 33.7 Å². The Kier molecular flexibility index (Phi) is 5.81. The molecule has 29 heavy (non-hydrogen) atoms. The van der Waals surface area contributed by atoms with Crippen LogP contribution < -0.4 is 5.69 Å². The summed E-state index contributed by atoms with van der Waals surface area (Å²) in [6.07, 6.45) is 15.8. The molecule has 1 aromatic heterocycles. The van der Waals surface area contributed by atoms with Gasteiger partial charge >= 0.3 is 5.69 Å². The van der Waals surface area contributed by atoms with Crippen LogP contribution in [0.5, 0.6) is 0 Å². The van der Waals surface area contributed by atoms with Crippen molar-refractivity contribution in [3.63, 3.8) is 0 Å². The second-order valence-corrected chi connectivity index (χ2v) is 9.84. The van der Waals surface area contributed by atoms with Crippen LogP contribution in [0.2, 0.25) is 0 Å². The molecule has 158 valence electrons. The van der Waals surface area contributed by atoms with Gasteiger partial charge in [0.25, 0.3) is 0 Å². The van der Waals surface area contributed by atoms with Gasteiger partial charge in [-0.3, -0.25) is 9.13 Å². The van der Waals surface area contributed by atoms with Crippen molar-refractivity contribution in [2.45, 2.75) is 89.1 Å². The van der Waals surface area contributed by atoms with Crippen LogP contribution in [0.1, 0.15) is 89.1 Å². The number of hydrogen-bond donors (Lipinski definition) is 0. The molecule has 0 amide bonds. The predicted octanol–water partition coefficient (Wildman–Crippen LogP) is 5.53. The molecule has 2 aromatic rings. The van der Waals surface area contributed by atoms with Gasteiger partial charge < -0.3 is 4.90 Å². The maximum atomic E-state index is 13.4. The molecule has 0 atom stereocenters. The van der Waals surface area contributed by atoms with Crippen molar-refractivity contribution in [2.24, 2.45) is 5.92 Å². The van der Waals surface area contributed by atoms with E-state index in [-0.39, 0.29) is 5.69 Å². The van der Waals surface area contributed by atoms with E-state index in [2.05, 4.69) is 38.3 Å². The van der Waals surface area contributed by atoms with Gasteiger partial charge in [0.05, 0.1) is 11.0 Å². The standard InChI is InChI=1S/C25H37N3O/c29-25-27(21-11-8-12-21)23-13-6-7-14-24(23)28(25)22-15-17-26(18-16-22)19-20-9-4-2-1-3-5-10-20/h6-7,13-14,20-22H,1-5,8-12,15-19H2. The third-order valence-corrected chi connectivity index (χ3v) is 7.92. The van der Waals surface area contributed by atoms with Crippen LogP contribution in [0.3, 0.4) is 0 Å². The molecule has 0 bridgehead atoms. The lowest BCUT2D eigenvalue weighted by atomic mass is 9.90. The maximum absolute atomic E-state index is 13.4. The fourth-order valence-electron chi connectivity index (χ4n) is 5.99. The van der Waals surface area contributed by atoms with Gasteiger partial charge in [0.2, 0.25) is 0 Å². The van der Waals surface area contributed by atoms with E-state index in [1.54, 1.807) is 0 Å². The minimum absolute atomic E-state index is 0.245. The molecular weight excluding hydrogens is 358 g/mol. The molecule has 4 nitrogen and oxygen atoms in total. The van der Waals surface area contributed by atoms with Crippen molar-refractivity contribution in [1.29, 1.82) is 0 Å². The zero-order valence-corrected chi connectivity index (χ0v) is 17.9. The number of benzene rings is 1. The molecule has 2 saturated carbocycles. The van der Waals surface area contributed by atoms with Gasteiger partial charge in [-0.25, -0.2) is 4.79 Å². The first kappa shape index (κ1) is 19.4. The molecule has 5 rings (SSSR count). The Morgan fingerprint density at radius 2 is 1.24 bits per heavy atom. The van der Waals surface area contributed by atoms with E-state index >= 15 is 0 Å². The molecule has 4 heteroatoms. The largest absolute Gasteiger partial charge is 0.329 e. The van der Waals surface area contributed by atoms with E-state index in [4.69, 9.17) is 0 Å². The van der Waals surface area contributed by atoms with Gasteiger partial charge in [0.1, 0.15) is 0 Å². The summed E-state index contributed by atoms with van der Waals surface area (Å²) < 4.78 is 4.26. The van der Waals surface area contributed by atoms with Crippen LogP contribution in [0, 0.1) is 5.92 Å². The Labute approximate surface area is 174 Å². The van der Waals surface area contributed by atoms with Crippen LogP contribution in [0.15, 0.2) is 29.1 Å². The van der Waals surface area contributed by atoms with Gasteiger partial charge in [-0.15, -0.1) is 0 Å². The van der Waals surface area contributed by atoms with E-state index in [1.807, 2.05) is 0 Å². The van der Waals surface area contributed by atoms with E-state index in [0.29, 0.717) is 12.1 Å². The van der Waals surface area contributed by atoms with Crippen LogP contribution in [0.25, 0.3) is 11.0 Å². The minimum atomic E-state index is 0.245. The number of piperidine rings is 1. The lowest BCUT2D eigenvalue weighted by Crippen LogP contribution is -2.40. The number of para-hydroxylation sites is 2. The summed E-state index contributed by atoms with van der Waals surface area (Å²) in [6, 6.07) is 9.27. The summed E-state index contributed by atoms with van der Waals surface area (Å²) in [5, 5.41) is 0. The highest BCUT2D eigenvalue weighted by Gasteiger charge is 2.29. The number of nitrogens with zero attached hydrogens (tertiary/aromatic N) is 3. The highest BCUT2D eigenvalue weighted by Crippen LogP contribution is 2.35. The van der Waals surface area contributed by atoms with Gasteiger partial charge in [-0.05, 0) is 63.0 Å². The maximum Gasteiger partial charge on any atom is 0.329 e. The summed E-state index contributed by atoms with van der Waals surface area (Å²) in [5.74, 6) is 0.898. The summed E-state index contributed by atoms with van der Waals surface area (Å²) in [7, 11) is 0. The smallest absolute Gasteiger partial charge is 0.303 e. The zero-order valence-electron chi connectivity index (χ0n) is 17.9. The van der Waals surface area contributed by atoms with Crippen molar-refractivity contribution in [3.05, 3.63) is 34.7 Å². The normalized spacial score (nSPS) is 23.7. The number of fused-ring (bicyclic) bond motifs is 1. The molecule has 1 aliphatic heterocycles. The van der Waals surface area contributed by atoms with Gasteiger partial charge in [-0.2, -0.15) is 0 Å². The molecule has 1 aromatic carbocycles. The molecule has 0 N–H and O–H groups in total. The van der Waals surface area contributed by atoms with Gasteiger partial charge in [0.15, 0.2) is 0 Å². The summed E-state index contributed by atoms with van der Waals surface area (Å²) in [5.41, 5.74) is 2.55. The highest BCUT2D eigenvalue weighted by atomic mass is 16.1. The third-order valence-electron chi connectivity index (χ3n) is 7.92. The third kappa shape index (κ3) is 3.93. The highest BCUT2D eigenvalue weighted by molar-refractivity contribution is 5.76. The first-order valence-corrected chi connectivity index (χ1v) is 12.2. The van der Waals surface area contributed by atoms with Crippen molar-refractivity contribution >= 4 is 11.0 Å². The second-order valence-electron chi connectivity index (χ2n) is 9.84. The molecule has 2 aliphatic carbocycles.